The van der Waals surface area contributed by atoms with Crippen LogP contribution in [0.5, 0.6) is 0 Å². The van der Waals surface area contributed by atoms with Gasteiger partial charge in [0.1, 0.15) is 11.6 Å². The summed E-state index contributed by atoms with van der Waals surface area (Å²) in [6.07, 6.45) is 1.61. The number of hydrogen-bond donors (Lipinski definition) is 1. The molecule has 0 radical (unpaired) electrons. The maximum absolute atomic E-state index is 14.2. The number of nitrogens with zero attached hydrogens (tertiary/aromatic N) is 2. The lowest BCUT2D eigenvalue weighted by molar-refractivity contribution is -0.0119. The van der Waals surface area contributed by atoms with Crippen LogP contribution in [0, 0.1) is 18.6 Å². The van der Waals surface area contributed by atoms with E-state index in [1.165, 1.54) is 35.6 Å². The van der Waals surface area contributed by atoms with Crippen molar-refractivity contribution < 1.29 is 18.3 Å². The molecule has 1 aromatic heterocycles. The first-order chi connectivity index (χ1) is 16.4. The lowest BCUT2D eigenvalue weighted by Gasteiger charge is -2.37. The van der Waals surface area contributed by atoms with Gasteiger partial charge in [-0.25, -0.2) is 13.8 Å². The van der Waals surface area contributed by atoms with Crippen molar-refractivity contribution in [1.29, 1.82) is 0 Å². The molecule has 1 amide bonds. The highest BCUT2D eigenvalue weighted by Crippen LogP contribution is 2.30. The number of carbonyl (C=O) groups excluding carboxylic acids is 1. The molecule has 4 rings (SSSR count). The minimum Gasteiger partial charge on any atom is -0.373 e. The van der Waals surface area contributed by atoms with Gasteiger partial charge in [-0.05, 0) is 38.0 Å². The number of aromatic nitrogens is 1. The van der Waals surface area contributed by atoms with Crippen LogP contribution in [0.2, 0.25) is 5.02 Å². The predicted octanol–water partition coefficient (Wildman–Crippen LogP) is 5.54. The Balaban J connectivity index is 1.39. The second-order valence-electron chi connectivity index (χ2n) is 8.26. The number of ether oxygens (including phenoxy) is 1. The zero-order valence-corrected chi connectivity index (χ0v) is 20.3. The summed E-state index contributed by atoms with van der Waals surface area (Å²) >= 11 is 7.59. The van der Waals surface area contributed by atoms with Gasteiger partial charge >= 0.3 is 0 Å². The molecule has 3 aromatic rings. The van der Waals surface area contributed by atoms with Crippen molar-refractivity contribution in [3.63, 3.8) is 0 Å². The molecule has 0 bridgehead atoms. The van der Waals surface area contributed by atoms with E-state index in [4.69, 9.17) is 16.3 Å². The molecule has 0 spiro atoms. The second-order valence-corrected chi connectivity index (χ2v) is 9.56. The number of rotatable bonds is 8. The fourth-order valence-electron chi connectivity index (χ4n) is 4.19. The molecular weight excluding hydrogens is 480 g/mol. The van der Waals surface area contributed by atoms with Gasteiger partial charge in [-0.1, -0.05) is 35.9 Å². The molecule has 0 saturated carbocycles. The first-order valence-electron chi connectivity index (χ1n) is 11.1. The number of carbonyl (C=O) groups is 1. The standard InChI is InChI=1S/C25H26ClF2N3O2S/c1-16-24(34-15-30-16)22(13-29-25(32)23-19(26)6-4-8-21(23)28)31-11-9-18(10-12-31)33-14-17-5-2-3-7-20(17)27/h2-8,15,18,22H,9-14H2,1H3,(H,29,32). The van der Waals surface area contributed by atoms with Crippen molar-refractivity contribution in [2.75, 3.05) is 19.6 Å². The van der Waals surface area contributed by atoms with Crippen molar-refractivity contribution in [2.24, 2.45) is 0 Å². The Morgan fingerprint density at radius 2 is 1.94 bits per heavy atom. The summed E-state index contributed by atoms with van der Waals surface area (Å²) in [4.78, 5) is 20.4. The summed E-state index contributed by atoms with van der Waals surface area (Å²) in [7, 11) is 0. The summed E-state index contributed by atoms with van der Waals surface area (Å²) in [6.45, 7) is 3.99. The van der Waals surface area contributed by atoms with Crippen LogP contribution >= 0.6 is 22.9 Å². The van der Waals surface area contributed by atoms with E-state index in [1.807, 2.05) is 6.92 Å². The van der Waals surface area contributed by atoms with Crippen molar-refractivity contribution in [1.82, 2.24) is 15.2 Å². The smallest absolute Gasteiger partial charge is 0.255 e. The fourth-order valence-corrected chi connectivity index (χ4v) is 5.37. The highest BCUT2D eigenvalue weighted by molar-refractivity contribution is 7.09. The zero-order chi connectivity index (χ0) is 24.1. The van der Waals surface area contributed by atoms with Crippen molar-refractivity contribution in [2.45, 2.75) is 38.5 Å². The number of aryl methyl sites for hydroxylation is 1. The van der Waals surface area contributed by atoms with E-state index in [0.717, 1.165) is 36.5 Å². The number of halogens is 3. The van der Waals surface area contributed by atoms with Gasteiger partial charge in [0.2, 0.25) is 0 Å². The van der Waals surface area contributed by atoms with Gasteiger partial charge in [-0.3, -0.25) is 9.69 Å². The minimum atomic E-state index is -0.650. The van der Waals surface area contributed by atoms with Gasteiger partial charge in [0, 0.05) is 30.1 Å². The molecule has 2 heterocycles. The minimum absolute atomic E-state index is 0.0332. The molecule has 1 unspecified atom stereocenters. The van der Waals surface area contributed by atoms with E-state index in [1.54, 1.807) is 23.7 Å². The Hall–Kier alpha value is -2.39. The Morgan fingerprint density at radius 3 is 2.62 bits per heavy atom. The number of benzene rings is 2. The second kappa shape index (κ2) is 11.4. The Kier molecular flexibility index (Phi) is 8.26. The number of hydrogen-bond acceptors (Lipinski definition) is 5. The molecule has 5 nitrogen and oxygen atoms in total. The molecule has 180 valence electrons. The quantitative estimate of drug-likeness (QED) is 0.437. The highest BCUT2D eigenvalue weighted by atomic mass is 35.5. The molecule has 34 heavy (non-hydrogen) atoms. The molecule has 1 atom stereocenters. The lowest BCUT2D eigenvalue weighted by atomic mass is 10.0. The van der Waals surface area contributed by atoms with Crippen LogP contribution in [0.25, 0.3) is 0 Å². The maximum Gasteiger partial charge on any atom is 0.255 e. The van der Waals surface area contributed by atoms with Crippen LogP contribution in [-0.4, -0.2) is 41.5 Å². The summed E-state index contributed by atoms with van der Waals surface area (Å²) in [5.74, 6) is -1.45. The van der Waals surface area contributed by atoms with E-state index >= 15 is 0 Å². The van der Waals surface area contributed by atoms with Crippen LogP contribution in [0.4, 0.5) is 8.78 Å². The molecule has 0 aliphatic carbocycles. The van der Waals surface area contributed by atoms with E-state index in [9.17, 15) is 13.6 Å². The number of nitrogens with one attached hydrogen (secondary N) is 1. The fraction of sp³-hybridized carbons (Fsp3) is 0.360. The van der Waals surface area contributed by atoms with Gasteiger partial charge in [-0.2, -0.15) is 0 Å². The topological polar surface area (TPSA) is 54.5 Å². The molecule has 1 N–H and O–H groups in total. The molecule has 9 heteroatoms. The number of likely N-dealkylation sites (tertiary alicyclic amines) is 1. The monoisotopic (exact) mass is 505 g/mol. The van der Waals surface area contributed by atoms with Crippen molar-refractivity contribution in [3.05, 3.63) is 86.3 Å². The van der Waals surface area contributed by atoms with E-state index in [0.29, 0.717) is 12.1 Å². The van der Waals surface area contributed by atoms with E-state index < -0.39 is 11.7 Å². The first-order valence-corrected chi connectivity index (χ1v) is 12.4. The molecule has 1 aliphatic rings. The van der Waals surface area contributed by atoms with Crippen molar-refractivity contribution >= 4 is 28.8 Å². The van der Waals surface area contributed by atoms with E-state index in [2.05, 4.69) is 15.2 Å². The summed E-state index contributed by atoms with van der Waals surface area (Å²) < 4.78 is 34.0. The molecule has 2 aromatic carbocycles. The van der Waals surface area contributed by atoms with Gasteiger partial charge in [0.05, 0.1) is 40.5 Å². The zero-order valence-electron chi connectivity index (χ0n) is 18.8. The Labute approximate surface area is 206 Å². The third-order valence-electron chi connectivity index (χ3n) is 6.08. The normalized spacial score (nSPS) is 15.9. The van der Waals surface area contributed by atoms with Gasteiger partial charge in [0.25, 0.3) is 5.91 Å². The predicted molar refractivity (Wildman–Crippen MR) is 129 cm³/mol. The highest BCUT2D eigenvalue weighted by Gasteiger charge is 2.29. The average molecular weight is 506 g/mol. The molecule has 1 saturated heterocycles. The number of piperidine rings is 1. The van der Waals surface area contributed by atoms with Gasteiger partial charge < -0.3 is 10.1 Å². The average Bonchev–Trinajstić information content (AvgIpc) is 3.25. The van der Waals surface area contributed by atoms with Crippen LogP contribution in [0.1, 0.15) is 45.4 Å². The van der Waals surface area contributed by atoms with Gasteiger partial charge in [-0.15, -0.1) is 11.3 Å². The third-order valence-corrected chi connectivity index (χ3v) is 7.43. The summed E-state index contributed by atoms with van der Waals surface area (Å²) in [6, 6.07) is 10.7. The maximum atomic E-state index is 14.2. The van der Waals surface area contributed by atoms with Crippen LogP contribution in [0.15, 0.2) is 48.0 Å². The molecular formula is C25H26ClF2N3O2S. The number of thiazole rings is 1. The number of amides is 1. The summed E-state index contributed by atoms with van der Waals surface area (Å²) in [5, 5.41) is 2.94. The molecule has 1 aliphatic heterocycles. The Bertz CT molecular complexity index is 1110. The van der Waals surface area contributed by atoms with Crippen LogP contribution in [-0.2, 0) is 11.3 Å². The summed E-state index contributed by atoms with van der Waals surface area (Å²) in [5.41, 5.74) is 3.10. The molecule has 1 fully saturated rings. The van der Waals surface area contributed by atoms with Crippen LogP contribution in [0.3, 0.4) is 0 Å². The largest absolute Gasteiger partial charge is 0.373 e. The van der Waals surface area contributed by atoms with E-state index in [-0.39, 0.29) is 35.2 Å². The first kappa shape index (κ1) is 24.7. The lowest BCUT2D eigenvalue weighted by Crippen LogP contribution is -2.43. The third kappa shape index (κ3) is 5.81. The SMILES string of the molecule is Cc1ncsc1C(CNC(=O)c1c(F)cccc1Cl)N1CCC(OCc2ccccc2F)CC1. The Morgan fingerprint density at radius 1 is 1.21 bits per heavy atom. The van der Waals surface area contributed by atoms with Gasteiger partial charge in [0.15, 0.2) is 0 Å². The van der Waals surface area contributed by atoms with Crippen molar-refractivity contribution in [3.8, 4) is 0 Å². The van der Waals surface area contributed by atoms with Crippen LogP contribution < -0.4 is 5.32 Å².